The maximum absolute atomic E-state index is 12.8. The van der Waals surface area contributed by atoms with Gasteiger partial charge in [-0.05, 0) is 48.9 Å². The molecule has 5 nitrogen and oxygen atoms in total. The molecule has 1 amide bonds. The number of nitrogens with zero attached hydrogens (tertiary/aromatic N) is 2. The van der Waals surface area contributed by atoms with Gasteiger partial charge in [-0.15, -0.1) is 0 Å². The monoisotopic (exact) mass is 374 g/mol. The number of halogens is 1. The Bertz CT molecular complexity index is 802. The minimum atomic E-state index is 0.0124. The highest BCUT2D eigenvalue weighted by atomic mass is 35.5. The zero-order valence-corrected chi connectivity index (χ0v) is 16.0. The van der Waals surface area contributed by atoms with Crippen LogP contribution in [0.1, 0.15) is 15.9 Å². The number of aryl methyl sites for hydroxylation is 1. The van der Waals surface area contributed by atoms with Crippen LogP contribution in [0.5, 0.6) is 11.5 Å². The van der Waals surface area contributed by atoms with Crippen molar-refractivity contribution in [1.29, 1.82) is 0 Å². The summed E-state index contributed by atoms with van der Waals surface area (Å²) in [5.41, 5.74) is 2.93. The quantitative estimate of drug-likeness (QED) is 0.819. The molecule has 6 heteroatoms. The van der Waals surface area contributed by atoms with Crippen molar-refractivity contribution in [2.75, 3.05) is 45.3 Å². The van der Waals surface area contributed by atoms with Crippen molar-refractivity contribution in [3.05, 3.63) is 52.5 Å². The second-order valence-corrected chi connectivity index (χ2v) is 6.72. The molecule has 1 heterocycles. The third-order valence-corrected chi connectivity index (χ3v) is 4.93. The number of ether oxygens (including phenoxy) is 2. The van der Waals surface area contributed by atoms with E-state index in [0.717, 1.165) is 23.7 Å². The smallest absolute Gasteiger partial charge is 0.254 e. The van der Waals surface area contributed by atoms with Crippen molar-refractivity contribution in [2.24, 2.45) is 0 Å². The number of hydrogen-bond donors (Lipinski definition) is 0. The van der Waals surface area contributed by atoms with E-state index in [0.29, 0.717) is 30.2 Å². The summed E-state index contributed by atoms with van der Waals surface area (Å²) in [6, 6.07) is 11.2. The fraction of sp³-hybridized carbons (Fsp3) is 0.350. The number of amides is 1. The van der Waals surface area contributed by atoms with E-state index in [4.69, 9.17) is 21.1 Å². The predicted octanol–water partition coefficient (Wildman–Crippen LogP) is 3.63. The minimum Gasteiger partial charge on any atom is -0.493 e. The maximum Gasteiger partial charge on any atom is 0.254 e. The van der Waals surface area contributed by atoms with E-state index in [1.807, 2.05) is 23.1 Å². The first-order valence-electron chi connectivity index (χ1n) is 8.56. The molecule has 2 aromatic rings. The fourth-order valence-corrected chi connectivity index (χ4v) is 3.50. The van der Waals surface area contributed by atoms with E-state index in [-0.39, 0.29) is 5.91 Å². The number of rotatable bonds is 4. The Hall–Kier alpha value is -2.40. The Morgan fingerprint density at radius 2 is 1.65 bits per heavy atom. The van der Waals surface area contributed by atoms with Crippen LogP contribution < -0.4 is 14.4 Å². The second-order valence-electron chi connectivity index (χ2n) is 6.28. The molecular weight excluding hydrogens is 352 g/mol. The van der Waals surface area contributed by atoms with Gasteiger partial charge in [0.2, 0.25) is 0 Å². The van der Waals surface area contributed by atoms with Crippen LogP contribution in [-0.2, 0) is 0 Å². The molecule has 0 radical (unpaired) electrons. The molecule has 0 atom stereocenters. The van der Waals surface area contributed by atoms with E-state index in [2.05, 4.69) is 11.8 Å². The summed E-state index contributed by atoms with van der Waals surface area (Å²) in [5, 5.41) is 0.744. The van der Waals surface area contributed by atoms with Crippen molar-refractivity contribution >= 4 is 23.2 Å². The van der Waals surface area contributed by atoms with Crippen LogP contribution >= 0.6 is 11.6 Å². The fourth-order valence-electron chi connectivity index (χ4n) is 3.28. The highest BCUT2D eigenvalue weighted by molar-refractivity contribution is 6.30. The zero-order chi connectivity index (χ0) is 18.7. The molecule has 0 saturated carbocycles. The number of methoxy groups -OCH3 is 2. The maximum atomic E-state index is 12.8. The topological polar surface area (TPSA) is 42.0 Å². The van der Waals surface area contributed by atoms with Crippen LogP contribution in [0.15, 0.2) is 36.4 Å². The van der Waals surface area contributed by atoms with Crippen LogP contribution in [0, 0.1) is 6.92 Å². The largest absolute Gasteiger partial charge is 0.493 e. The summed E-state index contributed by atoms with van der Waals surface area (Å²) < 4.78 is 10.5. The van der Waals surface area contributed by atoms with Crippen LogP contribution in [0.4, 0.5) is 5.69 Å². The van der Waals surface area contributed by atoms with E-state index in [1.54, 1.807) is 32.4 Å². The van der Waals surface area contributed by atoms with E-state index >= 15 is 0 Å². The number of piperazine rings is 1. The van der Waals surface area contributed by atoms with E-state index in [1.165, 1.54) is 5.69 Å². The van der Waals surface area contributed by atoms with Crippen molar-refractivity contribution in [2.45, 2.75) is 6.92 Å². The SMILES string of the molecule is COc1ccc(C(=O)N2CCN(c3ccc(Cl)cc3C)CC2)cc1OC. The lowest BCUT2D eigenvalue weighted by Crippen LogP contribution is -2.49. The first kappa shape index (κ1) is 18.4. The summed E-state index contributed by atoms with van der Waals surface area (Å²) in [4.78, 5) is 17.0. The summed E-state index contributed by atoms with van der Waals surface area (Å²) in [5.74, 6) is 1.19. The highest BCUT2D eigenvalue weighted by Gasteiger charge is 2.23. The first-order chi connectivity index (χ1) is 12.5. The summed E-state index contributed by atoms with van der Waals surface area (Å²) in [7, 11) is 3.15. The van der Waals surface area contributed by atoms with E-state index in [9.17, 15) is 4.79 Å². The third-order valence-electron chi connectivity index (χ3n) is 4.70. The van der Waals surface area contributed by atoms with Crippen molar-refractivity contribution in [1.82, 2.24) is 4.90 Å². The lowest BCUT2D eigenvalue weighted by atomic mass is 10.1. The predicted molar refractivity (Wildman–Crippen MR) is 104 cm³/mol. The summed E-state index contributed by atoms with van der Waals surface area (Å²) >= 11 is 6.04. The Morgan fingerprint density at radius 3 is 2.27 bits per heavy atom. The standard InChI is InChI=1S/C20H23ClN2O3/c1-14-12-16(21)5-6-17(14)22-8-10-23(11-9-22)20(24)15-4-7-18(25-2)19(13-15)26-3/h4-7,12-13H,8-11H2,1-3H3. The number of carbonyl (C=O) groups is 1. The molecule has 0 spiro atoms. The Morgan fingerprint density at radius 1 is 0.962 bits per heavy atom. The highest BCUT2D eigenvalue weighted by Crippen LogP contribution is 2.29. The van der Waals surface area contributed by atoms with Gasteiger partial charge in [0.1, 0.15) is 0 Å². The molecule has 1 aliphatic heterocycles. The molecule has 1 fully saturated rings. The Kier molecular flexibility index (Phi) is 5.57. The van der Waals surface area contributed by atoms with Crippen molar-refractivity contribution in [3.63, 3.8) is 0 Å². The molecule has 3 rings (SSSR count). The number of benzene rings is 2. The normalized spacial score (nSPS) is 14.3. The van der Waals surface area contributed by atoms with Gasteiger partial charge in [0, 0.05) is 42.5 Å². The molecule has 1 aliphatic rings. The van der Waals surface area contributed by atoms with Gasteiger partial charge in [0.15, 0.2) is 11.5 Å². The third kappa shape index (κ3) is 3.73. The van der Waals surface area contributed by atoms with Crippen LogP contribution in [0.2, 0.25) is 5.02 Å². The lowest BCUT2D eigenvalue weighted by Gasteiger charge is -2.37. The van der Waals surface area contributed by atoms with Crippen molar-refractivity contribution in [3.8, 4) is 11.5 Å². The van der Waals surface area contributed by atoms with Gasteiger partial charge in [-0.1, -0.05) is 11.6 Å². The molecular formula is C20H23ClN2O3. The molecule has 0 N–H and O–H groups in total. The Balaban J connectivity index is 1.68. The molecule has 138 valence electrons. The zero-order valence-electron chi connectivity index (χ0n) is 15.3. The average Bonchev–Trinajstić information content (AvgIpc) is 2.67. The molecule has 0 unspecified atom stereocenters. The van der Waals surface area contributed by atoms with Gasteiger partial charge in [-0.3, -0.25) is 4.79 Å². The molecule has 0 aromatic heterocycles. The second kappa shape index (κ2) is 7.87. The van der Waals surface area contributed by atoms with Crippen LogP contribution in [0.25, 0.3) is 0 Å². The summed E-state index contributed by atoms with van der Waals surface area (Å²) in [6.45, 7) is 5.00. The first-order valence-corrected chi connectivity index (χ1v) is 8.93. The van der Waals surface area contributed by atoms with Crippen LogP contribution in [-0.4, -0.2) is 51.2 Å². The number of carbonyl (C=O) groups excluding carboxylic acids is 1. The van der Waals surface area contributed by atoms with Gasteiger partial charge >= 0.3 is 0 Å². The van der Waals surface area contributed by atoms with Crippen molar-refractivity contribution < 1.29 is 14.3 Å². The molecule has 1 saturated heterocycles. The lowest BCUT2D eigenvalue weighted by molar-refractivity contribution is 0.0746. The Labute approximate surface area is 159 Å². The van der Waals surface area contributed by atoms with Gasteiger partial charge in [-0.2, -0.15) is 0 Å². The van der Waals surface area contributed by atoms with Gasteiger partial charge in [0.25, 0.3) is 5.91 Å². The minimum absolute atomic E-state index is 0.0124. The molecule has 0 aliphatic carbocycles. The molecule has 2 aromatic carbocycles. The molecule has 26 heavy (non-hydrogen) atoms. The average molecular weight is 375 g/mol. The van der Waals surface area contributed by atoms with Crippen LogP contribution in [0.3, 0.4) is 0 Å². The number of hydrogen-bond acceptors (Lipinski definition) is 4. The molecule has 0 bridgehead atoms. The van der Waals surface area contributed by atoms with Gasteiger partial charge in [-0.25, -0.2) is 0 Å². The van der Waals surface area contributed by atoms with Gasteiger partial charge in [0.05, 0.1) is 14.2 Å². The van der Waals surface area contributed by atoms with Gasteiger partial charge < -0.3 is 19.3 Å². The summed E-state index contributed by atoms with van der Waals surface area (Å²) in [6.07, 6.45) is 0. The van der Waals surface area contributed by atoms with E-state index < -0.39 is 0 Å². The number of anilines is 1.